The van der Waals surface area contributed by atoms with E-state index in [1.807, 2.05) is 0 Å². The minimum absolute atomic E-state index is 0.0245. The molecule has 4 nitrogen and oxygen atoms in total. The van der Waals surface area contributed by atoms with E-state index in [-0.39, 0.29) is 12.3 Å². The van der Waals surface area contributed by atoms with Crippen molar-refractivity contribution in [2.45, 2.75) is 33.6 Å². The summed E-state index contributed by atoms with van der Waals surface area (Å²) >= 11 is 0. The topological polar surface area (TPSA) is 74.6 Å². The van der Waals surface area contributed by atoms with Crippen LogP contribution in [0.3, 0.4) is 0 Å². The molecule has 0 aliphatic carbocycles. The van der Waals surface area contributed by atoms with Crippen molar-refractivity contribution in [1.82, 2.24) is 0 Å². The maximum absolute atomic E-state index is 10.7. The van der Waals surface area contributed by atoms with Crippen molar-refractivity contribution < 1.29 is 19.8 Å². The molecular weight excluding hydrogens is 172 g/mol. The van der Waals surface area contributed by atoms with E-state index in [0.29, 0.717) is 6.42 Å². The van der Waals surface area contributed by atoms with Gasteiger partial charge in [-0.05, 0) is 26.2 Å². The summed E-state index contributed by atoms with van der Waals surface area (Å²) in [7, 11) is 0. The molecule has 2 N–H and O–H groups in total. The van der Waals surface area contributed by atoms with E-state index >= 15 is 0 Å². The van der Waals surface area contributed by atoms with Crippen molar-refractivity contribution in [2.75, 3.05) is 0 Å². The summed E-state index contributed by atoms with van der Waals surface area (Å²) in [5, 5.41) is 17.2. The summed E-state index contributed by atoms with van der Waals surface area (Å²) in [6, 6.07) is 0. The molecule has 0 aliphatic rings. The van der Waals surface area contributed by atoms with Gasteiger partial charge in [-0.15, -0.1) is 0 Å². The fourth-order valence-electron chi connectivity index (χ4n) is 1.33. The van der Waals surface area contributed by atoms with Crippen molar-refractivity contribution in [2.24, 2.45) is 11.3 Å². The molecule has 0 amide bonds. The molecular formula is C9H16O4. The van der Waals surface area contributed by atoms with Crippen molar-refractivity contribution in [3.63, 3.8) is 0 Å². The van der Waals surface area contributed by atoms with E-state index in [9.17, 15) is 9.59 Å². The molecule has 13 heavy (non-hydrogen) atoms. The largest absolute Gasteiger partial charge is 0.481 e. The molecule has 0 aromatic heterocycles. The van der Waals surface area contributed by atoms with E-state index < -0.39 is 17.4 Å². The number of aliphatic carboxylic acids is 2. The molecule has 1 atom stereocenters. The van der Waals surface area contributed by atoms with Crippen LogP contribution >= 0.6 is 0 Å². The predicted octanol–water partition coefficient (Wildman–Crippen LogP) is 1.60. The minimum Gasteiger partial charge on any atom is -0.481 e. The molecule has 0 saturated carbocycles. The lowest BCUT2D eigenvalue weighted by Crippen LogP contribution is -2.26. The third-order valence-electron chi connectivity index (χ3n) is 1.96. The fraction of sp³-hybridized carbons (Fsp3) is 0.778. The second-order valence-corrected chi connectivity index (χ2v) is 4.10. The van der Waals surface area contributed by atoms with E-state index in [2.05, 4.69) is 0 Å². The summed E-state index contributed by atoms with van der Waals surface area (Å²) in [6.07, 6.45) is 0.408. The molecule has 0 unspecified atom stereocenters. The zero-order valence-electron chi connectivity index (χ0n) is 8.20. The van der Waals surface area contributed by atoms with Crippen molar-refractivity contribution in [1.29, 1.82) is 0 Å². The summed E-state index contributed by atoms with van der Waals surface area (Å²) < 4.78 is 0. The smallest absolute Gasteiger partial charge is 0.309 e. The zero-order chi connectivity index (χ0) is 10.6. The predicted molar refractivity (Wildman–Crippen MR) is 47.5 cm³/mol. The first-order valence-corrected chi connectivity index (χ1v) is 4.21. The van der Waals surface area contributed by atoms with Crippen LogP contribution in [0.5, 0.6) is 0 Å². The highest BCUT2D eigenvalue weighted by molar-refractivity contribution is 5.73. The lowest BCUT2D eigenvalue weighted by atomic mass is 9.82. The van der Waals surface area contributed by atoms with Gasteiger partial charge in [-0.2, -0.15) is 0 Å². The maximum Gasteiger partial charge on any atom is 0.309 e. The van der Waals surface area contributed by atoms with Gasteiger partial charge in [-0.25, -0.2) is 0 Å². The summed E-state index contributed by atoms with van der Waals surface area (Å²) in [6.45, 7) is 4.96. The maximum atomic E-state index is 10.7. The van der Waals surface area contributed by atoms with Crippen LogP contribution in [0.15, 0.2) is 0 Å². The third kappa shape index (κ3) is 4.50. The van der Waals surface area contributed by atoms with Gasteiger partial charge < -0.3 is 10.2 Å². The number of hydrogen-bond acceptors (Lipinski definition) is 2. The summed E-state index contributed by atoms with van der Waals surface area (Å²) in [5.74, 6) is -1.87. The lowest BCUT2D eigenvalue weighted by molar-refractivity contribution is -0.149. The van der Waals surface area contributed by atoms with Crippen LogP contribution in [0.2, 0.25) is 0 Å². The second-order valence-electron chi connectivity index (χ2n) is 4.10. The molecule has 0 heterocycles. The average Bonchev–Trinajstić information content (AvgIpc) is 1.82. The molecule has 0 rings (SSSR count). The number of carboxylic acid groups (broad SMARTS) is 2. The Labute approximate surface area is 77.6 Å². The van der Waals surface area contributed by atoms with Gasteiger partial charge in [0.05, 0.1) is 5.41 Å². The third-order valence-corrected chi connectivity index (χ3v) is 1.96. The first-order valence-electron chi connectivity index (χ1n) is 4.21. The Morgan fingerprint density at radius 1 is 1.31 bits per heavy atom. The zero-order valence-corrected chi connectivity index (χ0v) is 8.20. The highest BCUT2D eigenvalue weighted by Crippen LogP contribution is 2.27. The highest BCUT2D eigenvalue weighted by atomic mass is 16.4. The Hall–Kier alpha value is -1.06. The van der Waals surface area contributed by atoms with Crippen molar-refractivity contribution >= 4 is 11.9 Å². The van der Waals surface area contributed by atoms with Gasteiger partial charge in [0.15, 0.2) is 0 Å². The normalized spacial score (nSPS) is 13.8. The Bertz CT molecular complexity index is 208. The van der Waals surface area contributed by atoms with Gasteiger partial charge in [0.25, 0.3) is 0 Å². The molecule has 0 aromatic carbocycles. The van der Waals surface area contributed by atoms with Gasteiger partial charge in [0.2, 0.25) is 0 Å². The van der Waals surface area contributed by atoms with Gasteiger partial charge in [-0.1, -0.05) is 6.92 Å². The highest BCUT2D eigenvalue weighted by Gasteiger charge is 2.29. The number of carboxylic acids is 2. The molecule has 4 heteroatoms. The van der Waals surface area contributed by atoms with Gasteiger partial charge in [0.1, 0.15) is 0 Å². The first kappa shape index (κ1) is 11.9. The number of carbonyl (C=O) groups is 2. The van der Waals surface area contributed by atoms with Crippen LogP contribution in [0.25, 0.3) is 0 Å². The van der Waals surface area contributed by atoms with Crippen LogP contribution in [0.1, 0.15) is 33.6 Å². The Balaban J connectivity index is 4.11. The molecule has 0 aliphatic heterocycles. The summed E-state index contributed by atoms with van der Waals surface area (Å²) in [4.78, 5) is 21.0. The Morgan fingerprint density at radius 2 is 1.77 bits per heavy atom. The second kappa shape index (κ2) is 4.25. The Morgan fingerprint density at radius 3 is 2.08 bits per heavy atom. The van der Waals surface area contributed by atoms with E-state index in [0.717, 1.165) is 0 Å². The fourth-order valence-corrected chi connectivity index (χ4v) is 1.33. The SMILES string of the molecule is C[C@@H](CC(=O)O)CC(C)(C)C(=O)O. The Kier molecular flexibility index (Phi) is 3.91. The average molecular weight is 188 g/mol. The van der Waals surface area contributed by atoms with Crippen LogP contribution in [0, 0.1) is 11.3 Å². The molecule has 76 valence electrons. The number of hydrogen-bond donors (Lipinski definition) is 2. The molecule has 0 spiro atoms. The molecule has 0 saturated heterocycles. The lowest BCUT2D eigenvalue weighted by Gasteiger charge is -2.22. The van der Waals surface area contributed by atoms with Crippen molar-refractivity contribution in [3.05, 3.63) is 0 Å². The van der Waals surface area contributed by atoms with Gasteiger partial charge in [-0.3, -0.25) is 9.59 Å². The van der Waals surface area contributed by atoms with Gasteiger partial charge in [0, 0.05) is 6.42 Å². The van der Waals surface area contributed by atoms with E-state index in [1.165, 1.54) is 0 Å². The van der Waals surface area contributed by atoms with Crippen LogP contribution in [0.4, 0.5) is 0 Å². The molecule has 0 fully saturated rings. The van der Waals surface area contributed by atoms with E-state index in [1.54, 1.807) is 20.8 Å². The monoisotopic (exact) mass is 188 g/mol. The van der Waals surface area contributed by atoms with Crippen LogP contribution < -0.4 is 0 Å². The van der Waals surface area contributed by atoms with Crippen molar-refractivity contribution in [3.8, 4) is 0 Å². The molecule has 0 aromatic rings. The number of rotatable bonds is 5. The minimum atomic E-state index is -0.885. The molecule has 0 bridgehead atoms. The molecule has 0 radical (unpaired) electrons. The van der Waals surface area contributed by atoms with Gasteiger partial charge >= 0.3 is 11.9 Å². The van der Waals surface area contributed by atoms with E-state index in [4.69, 9.17) is 10.2 Å². The quantitative estimate of drug-likeness (QED) is 0.687. The van der Waals surface area contributed by atoms with Crippen LogP contribution in [-0.2, 0) is 9.59 Å². The first-order chi connectivity index (χ1) is 5.75. The standard InChI is InChI=1S/C9H16O4/c1-6(4-7(10)11)5-9(2,3)8(12)13/h6H,4-5H2,1-3H3,(H,10,11)(H,12,13)/t6-/m0/s1. The van der Waals surface area contributed by atoms with Crippen LogP contribution in [-0.4, -0.2) is 22.2 Å². The summed E-state index contributed by atoms with van der Waals surface area (Å²) in [5.41, 5.74) is -0.838.